The van der Waals surface area contributed by atoms with Crippen molar-refractivity contribution in [1.82, 2.24) is 0 Å². The van der Waals surface area contributed by atoms with Gasteiger partial charge in [0.2, 0.25) is 0 Å². The number of rotatable bonds is 4. The zero-order valence-corrected chi connectivity index (χ0v) is 9.05. The summed E-state index contributed by atoms with van der Waals surface area (Å²) in [5.74, 6) is 0.274. The zero-order valence-electron chi connectivity index (χ0n) is 9.05. The van der Waals surface area contributed by atoms with E-state index >= 15 is 0 Å². The van der Waals surface area contributed by atoms with E-state index < -0.39 is 6.43 Å². The average Bonchev–Trinajstić information content (AvgIpc) is 2.22. The quantitative estimate of drug-likeness (QED) is 0.392. The summed E-state index contributed by atoms with van der Waals surface area (Å²) in [6, 6.07) is 0. The molecule has 14 heavy (non-hydrogen) atoms. The number of aliphatic imine (C=N–C) groups is 1. The Bertz CT molecular complexity index is 210. The van der Waals surface area contributed by atoms with Gasteiger partial charge in [0.05, 0.1) is 7.11 Å². The number of ether oxygens (including phenoxy) is 1. The van der Waals surface area contributed by atoms with Gasteiger partial charge >= 0.3 is 0 Å². The fraction of sp³-hybridized carbons (Fsp3) is 0.500. The lowest BCUT2D eigenvalue weighted by Crippen LogP contribution is -2.07. The van der Waals surface area contributed by atoms with Crippen LogP contribution in [0.3, 0.4) is 0 Å². The number of halogens is 2. The predicted molar refractivity (Wildman–Crippen MR) is 56.0 cm³/mol. The Hall–Kier alpha value is -1.19. The van der Waals surface area contributed by atoms with Gasteiger partial charge in [0, 0.05) is 13.1 Å². The van der Waals surface area contributed by atoms with E-state index in [0.717, 1.165) is 6.08 Å². The highest BCUT2D eigenvalue weighted by Crippen LogP contribution is 2.03. The lowest BCUT2D eigenvalue weighted by atomic mass is 10.3. The number of hydrogen-bond acceptors (Lipinski definition) is 2. The van der Waals surface area contributed by atoms with Gasteiger partial charge in [-0.25, -0.2) is 8.78 Å². The minimum absolute atomic E-state index is 0.274. The zero-order chi connectivity index (χ0) is 11.6. The van der Waals surface area contributed by atoms with E-state index in [9.17, 15) is 8.78 Å². The van der Waals surface area contributed by atoms with Crippen molar-refractivity contribution in [3.05, 3.63) is 24.5 Å². The Morgan fingerprint density at radius 1 is 1.43 bits per heavy atom. The molecule has 0 spiro atoms. The SMILES string of the molecule is C=C/C(=C\C(=NC)C(F)F)OC.CC. The molecule has 0 aliphatic heterocycles. The van der Waals surface area contributed by atoms with Crippen molar-refractivity contribution in [1.29, 1.82) is 0 Å². The Balaban J connectivity index is 0. The molecule has 2 nitrogen and oxygen atoms in total. The molecule has 0 saturated carbocycles. The predicted octanol–water partition coefficient (Wildman–Crippen LogP) is 3.06. The summed E-state index contributed by atoms with van der Waals surface area (Å²) in [5, 5.41) is 0. The molecule has 0 fully saturated rings. The van der Waals surface area contributed by atoms with Crippen LogP contribution in [0.1, 0.15) is 13.8 Å². The van der Waals surface area contributed by atoms with E-state index in [0.29, 0.717) is 0 Å². The van der Waals surface area contributed by atoms with Crippen LogP contribution in [-0.2, 0) is 4.74 Å². The van der Waals surface area contributed by atoms with Crippen molar-refractivity contribution in [2.45, 2.75) is 20.3 Å². The summed E-state index contributed by atoms with van der Waals surface area (Å²) in [6.07, 6.45) is -0.0919. The first kappa shape index (κ1) is 15.3. The summed E-state index contributed by atoms with van der Waals surface area (Å²) in [7, 11) is 2.68. The van der Waals surface area contributed by atoms with Gasteiger partial charge in [0.15, 0.2) is 0 Å². The Labute approximate surface area is 84.0 Å². The minimum atomic E-state index is -2.58. The first-order chi connectivity index (χ1) is 6.65. The molecular formula is C10H17F2NO. The lowest BCUT2D eigenvalue weighted by molar-refractivity contribution is 0.226. The summed E-state index contributed by atoms with van der Waals surface area (Å²) in [4.78, 5) is 3.39. The highest BCUT2D eigenvalue weighted by Gasteiger charge is 2.09. The molecule has 0 amide bonds. The van der Waals surface area contributed by atoms with Gasteiger partial charge in [0.1, 0.15) is 11.5 Å². The molecule has 0 unspecified atom stereocenters. The fourth-order valence-corrected chi connectivity index (χ4v) is 0.572. The molecule has 0 aromatic rings. The van der Waals surface area contributed by atoms with Gasteiger partial charge < -0.3 is 4.74 Å². The normalized spacial score (nSPS) is 11.9. The van der Waals surface area contributed by atoms with Crippen LogP contribution >= 0.6 is 0 Å². The van der Waals surface area contributed by atoms with Gasteiger partial charge in [-0.2, -0.15) is 0 Å². The van der Waals surface area contributed by atoms with Crippen LogP contribution in [0.25, 0.3) is 0 Å². The molecule has 0 heterocycles. The van der Waals surface area contributed by atoms with Crippen LogP contribution in [0.15, 0.2) is 29.5 Å². The molecule has 0 aliphatic rings. The molecule has 0 N–H and O–H groups in total. The molecule has 0 radical (unpaired) electrons. The van der Waals surface area contributed by atoms with E-state index in [2.05, 4.69) is 11.6 Å². The largest absolute Gasteiger partial charge is 0.497 e. The second-order valence-electron chi connectivity index (χ2n) is 1.90. The molecule has 0 bridgehead atoms. The number of alkyl halides is 2. The Morgan fingerprint density at radius 3 is 2.14 bits per heavy atom. The van der Waals surface area contributed by atoms with Crippen molar-refractivity contribution in [2.75, 3.05) is 14.2 Å². The maximum Gasteiger partial charge on any atom is 0.280 e. The van der Waals surface area contributed by atoms with Gasteiger partial charge in [-0.15, -0.1) is 0 Å². The van der Waals surface area contributed by atoms with E-state index in [-0.39, 0.29) is 11.5 Å². The van der Waals surface area contributed by atoms with Crippen LogP contribution in [0.2, 0.25) is 0 Å². The van der Waals surface area contributed by atoms with Crippen LogP contribution in [0.4, 0.5) is 8.78 Å². The smallest absolute Gasteiger partial charge is 0.280 e. The fourth-order valence-electron chi connectivity index (χ4n) is 0.572. The van der Waals surface area contributed by atoms with E-state index in [1.807, 2.05) is 13.8 Å². The molecule has 0 atom stereocenters. The molecule has 0 rings (SSSR count). The second kappa shape index (κ2) is 9.89. The molecule has 0 saturated heterocycles. The third-order valence-electron chi connectivity index (χ3n) is 1.21. The van der Waals surface area contributed by atoms with Gasteiger partial charge in [0.25, 0.3) is 6.43 Å². The van der Waals surface area contributed by atoms with E-state index in [4.69, 9.17) is 4.74 Å². The summed E-state index contributed by atoms with van der Waals surface area (Å²) >= 11 is 0. The third-order valence-corrected chi connectivity index (χ3v) is 1.21. The Kier molecular flexibility index (Phi) is 10.8. The number of hydrogen-bond donors (Lipinski definition) is 0. The average molecular weight is 205 g/mol. The first-order valence-corrected chi connectivity index (χ1v) is 4.28. The van der Waals surface area contributed by atoms with Crippen LogP contribution in [0, 0.1) is 0 Å². The second-order valence-corrected chi connectivity index (χ2v) is 1.90. The number of allylic oxidation sites excluding steroid dienone is 2. The molecule has 0 aromatic heterocycles. The summed E-state index contributed by atoms with van der Waals surface area (Å²) < 4.78 is 28.8. The monoisotopic (exact) mass is 205 g/mol. The summed E-state index contributed by atoms with van der Waals surface area (Å²) in [6.45, 7) is 7.39. The minimum Gasteiger partial charge on any atom is -0.497 e. The standard InChI is InChI=1S/C8H11F2NO.C2H6/c1-4-6(12-3)5-7(11-2)8(9)10;1-2/h4-5,8H,1H2,2-3H3;1-2H3/b6-5+,11-7?;. The molecule has 82 valence electrons. The van der Waals surface area contributed by atoms with Gasteiger partial charge in [-0.3, -0.25) is 4.99 Å². The van der Waals surface area contributed by atoms with Crippen molar-refractivity contribution in [3.8, 4) is 0 Å². The first-order valence-electron chi connectivity index (χ1n) is 4.28. The maximum absolute atomic E-state index is 12.1. The molecule has 0 aromatic carbocycles. The third kappa shape index (κ3) is 6.34. The van der Waals surface area contributed by atoms with Crippen LogP contribution in [-0.4, -0.2) is 26.3 Å². The Morgan fingerprint density at radius 2 is 1.93 bits per heavy atom. The summed E-state index contributed by atoms with van der Waals surface area (Å²) in [5.41, 5.74) is -0.313. The maximum atomic E-state index is 12.1. The van der Waals surface area contributed by atoms with Crippen LogP contribution in [0.5, 0.6) is 0 Å². The highest BCUT2D eigenvalue weighted by atomic mass is 19.3. The topological polar surface area (TPSA) is 21.6 Å². The number of methoxy groups -OCH3 is 1. The number of nitrogens with zero attached hydrogens (tertiary/aromatic N) is 1. The highest BCUT2D eigenvalue weighted by molar-refractivity contribution is 5.98. The van der Waals surface area contributed by atoms with Crippen molar-refractivity contribution < 1.29 is 13.5 Å². The lowest BCUT2D eigenvalue weighted by Gasteiger charge is -2.01. The molecule has 0 aliphatic carbocycles. The van der Waals surface area contributed by atoms with Gasteiger partial charge in [-0.05, 0) is 6.08 Å². The van der Waals surface area contributed by atoms with E-state index in [1.165, 1.54) is 20.2 Å². The van der Waals surface area contributed by atoms with Crippen molar-refractivity contribution >= 4 is 5.71 Å². The van der Waals surface area contributed by atoms with Gasteiger partial charge in [-0.1, -0.05) is 20.4 Å². The van der Waals surface area contributed by atoms with Crippen LogP contribution < -0.4 is 0 Å². The molecular weight excluding hydrogens is 188 g/mol. The van der Waals surface area contributed by atoms with Crippen molar-refractivity contribution in [2.24, 2.45) is 4.99 Å². The van der Waals surface area contributed by atoms with E-state index in [1.54, 1.807) is 0 Å². The molecule has 4 heteroatoms. The van der Waals surface area contributed by atoms with Crippen molar-refractivity contribution in [3.63, 3.8) is 0 Å².